The molecule has 29 heavy (non-hydrogen) atoms. The molecule has 0 aromatic carbocycles. The van der Waals surface area contributed by atoms with Crippen molar-refractivity contribution < 1.29 is 14.3 Å². The van der Waals surface area contributed by atoms with Gasteiger partial charge in [0.05, 0.1) is 24.7 Å². The van der Waals surface area contributed by atoms with Crippen molar-refractivity contribution in [1.82, 2.24) is 14.0 Å². The van der Waals surface area contributed by atoms with Gasteiger partial charge in [0.2, 0.25) is 0 Å². The molecule has 0 saturated heterocycles. The number of hydrogen-bond acceptors (Lipinski definition) is 7. The number of hydrogen-bond donors (Lipinski definition) is 0. The van der Waals surface area contributed by atoms with Gasteiger partial charge in [-0.25, -0.2) is 9.36 Å². The summed E-state index contributed by atoms with van der Waals surface area (Å²) in [6.45, 7) is 11.0. The molecule has 0 atom stereocenters. The Kier molecular flexibility index (Phi) is 6.30. The van der Waals surface area contributed by atoms with Gasteiger partial charge in [0, 0.05) is 24.4 Å². The second-order valence-corrected chi connectivity index (χ2v) is 8.92. The van der Waals surface area contributed by atoms with Gasteiger partial charge in [-0.15, -0.1) is 11.3 Å². The van der Waals surface area contributed by atoms with Gasteiger partial charge in [0.25, 0.3) is 5.56 Å². The smallest absolute Gasteiger partial charge is 0.332 e. The number of fused-ring (bicyclic) bond motifs is 3. The molecule has 0 unspecified atom stereocenters. The van der Waals surface area contributed by atoms with Crippen molar-refractivity contribution in [2.24, 2.45) is 0 Å². The minimum absolute atomic E-state index is 0.386. The molecule has 3 rings (SSSR count). The van der Waals surface area contributed by atoms with E-state index < -0.39 is 17.2 Å². The maximum atomic E-state index is 13.2. The van der Waals surface area contributed by atoms with E-state index >= 15 is 0 Å². The molecular formula is C20H29N3O5S. The van der Waals surface area contributed by atoms with E-state index in [1.807, 2.05) is 13.8 Å². The van der Waals surface area contributed by atoms with Gasteiger partial charge in [-0.3, -0.25) is 14.2 Å². The molecule has 8 nitrogen and oxygen atoms in total. The number of carbonyl (C=O) groups is 1. The maximum absolute atomic E-state index is 13.2. The second kappa shape index (κ2) is 8.41. The lowest BCUT2D eigenvalue weighted by Crippen LogP contribution is -2.43. The number of ether oxygens (including phenoxy) is 2. The molecule has 0 spiro atoms. The van der Waals surface area contributed by atoms with Crippen LogP contribution in [-0.2, 0) is 40.4 Å². The van der Waals surface area contributed by atoms with Crippen LogP contribution in [0.2, 0.25) is 0 Å². The molecule has 1 aliphatic heterocycles. The fraction of sp³-hybridized carbons (Fsp3) is 0.650. The van der Waals surface area contributed by atoms with E-state index in [1.165, 1.54) is 18.4 Å². The third kappa shape index (κ3) is 4.17. The Morgan fingerprint density at radius 2 is 1.93 bits per heavy atom. The molecule has 0 radical (unpaired) electrons. The molecule has 0 amide bonds. The SMILES string of the molecule is CCN(CC)CCn1c(=O)n(CC(=O)OC)c(=O)c2c3c(sc21)COC(C)(C)C3. The minimum atomic E-state index is -0.619. The Bertz CT molecular complexity index is 1030. The van der Waals surface area contributed by atoms with Crippen molar-refractivity contribution >= 4 is 27.5 Å². The first-order valence-electron chi connectivity index (χ1n) is 9.93. The van der Waals surface area contributed by atoms with Crippen molar-refractivity contribution in [3.05, 3.63) is 31.3 Å². The summed E-state index contributed by atoms with van der Waals surface area (Å²) in [4.78, 5) is 42.1. The van der Waals surface area contributed by atoms with Gasteiger partial charge >= 0.3 is 11.7 Å². The van der Waals surface area contributed by atoms with Crippen LogP contribution in [0.25, 0.3) is 10.2 Å². The zero-order valence-electron chi connectivity index (χ0n) is 17.7. The molecule has 0 fully saturated rings. The summed E-state index contributed by atoms with van der Waals surface area (Å²) in [7, 11) is 1.25. The molecule has 0 aliphatic carbocycles. The van der Waals surface area contributed by atoms with Crippen LogP contribution in [0, 0.1) is 0 Å². The summed E-state index contributed by atoms with van der Waals surface area (Å²) in [6.07, 6.45) is 0.587. The van der Waals surface area contributed by atoms with Crippen LogP contribution in [-0.4, -0.2) is 52.3 Å². The highest BCUT2D eigenvalue weighted by Crippen LogP contribution is 2.37. The lowest BCUT2D eigenvalue weighted by atomic mass is 9.94. The molecule has 0 saturated carbocycles. The molecule has 2 aromatic rings. The summed E-state index contributed by atoms with van der Waals surface area (Å²) in [5, 5.41) is 0.532. The normalized spacial score (nSPS) is 15.7. The average molecular weight is 424 g/mol. The van der Waals surface area contributed by atoms with E-state index in [0.29, 0.717) is 36.3 Å². The number of esters is 1. The third-order valence-corrected chi connectivity index (χ3v) is 6.71. The van der Waals surface area contributed by atoms with E-state index in [2.05, 4.69) is 18.7 Å². The molecule has 3 heterocycles. The molecule has 160 valence electrons. The lowest BCUT2D eigenvalue weighted by Gasteiger charge is -2.29. The van der Waals surface area contributed by atoms with E-state index in [0.717, 1.165) is 28.1 Å². The van der Waals surface area contributed by atoms with Crippen LogP contribution < -0.4 is 11.2 Å². The second-order valence-electron chi connectivity index (χ2n) is 7.84. The van der Waals surface area contributed by atoms with Crippen LogP contribution in [0.3, 0.4) is 0 Å². The van der Waals surface area contributed by atoms with Crippen molar-refractivity contribution in [2.45, 2.75) is 59.4 Å². The van der Waals surface area contributed by atoms with Crippen molar-refractivity contribution in [3.8, 4) is 0 Å². The van der Waals surface area contributed by atoms with Crippen LogP contribution in [0.4, 0.5) is 0 Å². The summed E-state index contributed by atoms with van der Waals surface area (Å²) < 4.78 is 13.3. The first-order chi connectivity index (χ1) is 13.7. The number of rotatable bonds is 7. The number of likely N-dealkylation sites (N-methyl/N-ethyl adjacent to an activating group) is 1. The van der Waals surface area contributed by atoms with Gasteiger partial charge in [0.1, 0.15) is 11.4 Å². The quantitative estimate of drug-likeness (QED) is 0.629. The van der Waals surface area contributed by atoms with Gasteiger partial charge in [-0.05, 0) is 32.5 Å². The maximum Gasteiger partial charge on any atom is 0.332 e. The first kappa shape index (κ1) is 21.7. The van der Waals surface area contributed by atoms with Crippen LogP contribution >= 0.6 is 11.3 Å². The van der Waals surface area contributed by atoms with E-state index in [9.17, 15) is 14.4 Å². The number of nitrogens with zero attached hydrogens (tertiary/aromatic N) is 3. The van der Waals surface area contributed by atoms with E-state index in [-0.39, 0.29) is 12.1 Å². The summed E-state index contributed by atoms with van der Waals surface area (Å²) >= 11 is 1.45. The standard InChI is InChI=1S/C20H29N3O5S/c1-6-21(7-2)8-9-22-18-16(13-10-20(3,4)28-12-14(13)29-18)17(25)23(19(22)26)11-15(24)27-5/h6-12H2,1-5H3. The number of aromatic nitrogens is 2. The van der Waals surface area contributed by atoms with Crippen molar-refractivity contribution in [2.75, 3.05) is 26.7 Å². The van der Waals surface area contributed by atoms with Gasteiger partial charge in [-0.2, -0.15) is 0 Å². The van der Waals surface area contributed by atoms with Crippen LogP contribution in [0.1, 0.15) is 38.1 Å². The largest absolute Gasteiger partial charge is 0.468 e. The van der Waals surface area contributed by atoms with E-state index in [1.54, 1.807) is 4.57 Å². The first-order valence-corrected chi connectivity index (χ1v) is 10.7. The number of carbonyl (C=O) groups excluding carboxylic acids is 1. The molecule has 0 bridgehead atoms. The fourth-order valence-corrected chi connectivity index (χ4v) is 4.96. The van der Waals surface area contributed by atoms with Gasteiger partial charge in [0.15, 0.2) is 0 Å². The Morgan fingerprint density at radius 3 is 2.55 bits per heavy atom. The van der Waals surface area contributed by atoms with Crippen molar-refractivity contribution in [1.29, 1.82) is 0 Å². The number of methoxy groups -OCH3 is 1. The van der Waals surface area contributed by atoms with E-state index in [4.69, 9.17) is 9.47 Å². The Morgan fingerprint density at radius 1 is 1.24 bits per heavy atom. The predicted molar refractivity (Wildman–Crippen MR) is 113 cm³/mol. The molecule has 9 heteroatoms. The fourth-order valence-electron chi connectivity index (χ4n) is 3.72. The number of thiophene rings is 1. The third-order valence-electron chi connectivity index (χ3n) is 5.48. The molecular weight excluding hydrogens is 394 g/mol. The summed E-state index contributed by atoms with van der Waals surface area (Å²) in [5.74, 6) is -0.619. The topological polar surface area (TPSA) is 82.8 Å². The zero-order chi connectivity index (χ0) is 21.3. The van der Waals surface area contributed by atoms with Crippen LogP contribution in [0.5, 0.6) is 0 Å². The molecule has 0 N–H and O–H groups in total. The monoisotopic (exact) mass is 423 g/mol. The average Bonchev–Trinajstić information content (AvgIpc) is 3.05. The Balaban J connectivity index is 2.22. The highest BCUT2D eigenvalue weighted by atomic mass is 32.1. The zero-order valence-corrected chi connectivity index (χ0v) is 18.6. The summed E-state index contributed by atoms with van der Waals surface area (Å²) in [5.41, 5.74) is -0.354. The minimum Gasteiger partial charge on any atom is -0.468 e. The highest BCUT2D eigenvalue weighted by Gasteiger charge is 2.32. The van der Waals surface area contributed by atoms with Crippen molar-refractivity contribution in [3.63, 3.8) is 0 Å². The van der Waals surface area contributed by atoms with Gasteiger partial charge < -0.3 is 14.4 Å². The molecule has 1 aliphatic rings. The summed E-state index contributed by atoms with van der Waals surface area (Å²) in [6, 6.07) is 0. The highest BCUT2D eigenvalue weighted by molar-refractivity contribution is 7.18. The Hall–Kier alpha value is -1.97. The predicted octanol–water partition coefficient (Wildman–Crippen LogP) is 1.59. The lowest BCUT2D eigenvalue weighted by molar-refractivity contribution is -0.141. The molecule has 2 aromatic heterocycles. The van der Waals surface area contributed by atoms with Gasteiger partial charge in [-0.1, -0.05) is 13.8 Å². The Labute approximate surface area is 173 Å². The van der Waals surface area contributed by atoms with Crippen LogP contribution in [0.15, 0.2) is 9.59 Å².